The Hall–Kier alpha value is -3.42. The molecule has 3 aromatic rings. The van der Waals surface area contributed by atoms with Gasteiger partial charge in [0.2, 0.25) is 15.9 Å². The van der Waals surface area contributed by atoms with Crippen molar-refractivity contribution in [3.63, 3.8) is 0 Å². The number of hydrogen-bond donors (Lipinski definition) is 1. The van der Waals surface area contributed by atoms with E-state index in [1.165, 1.54) is 28.0 Å². The summed E-state index contributed by atoms with van der Waals surface area (Å²) in [4.78, 5) is 31.5. The Balaban J connectivity index is 1.40. The number of fused-ring (bicyclic) bond motifs is 1. The Labute approximate surface area is 265 Å². The van der Waals surface area contributed by atoms with Crippen molar-refractivity contribution in [1.29, 1.82) is 0 Å². The summed E-state index contributed by atoms with van der Waals surface area (Å²) in [5.74, 6) is -0.926. The van der Waals surface area contributed by atoms with Crippen LogP contribution in [0.5, 0.6) is 5.75 Å². The first-order valence-electron chi connectivity index (χ1n) is 13.8. The number of nitrogens with zero attached hydrogens (tertiary/aromatic N) is 3. The second-order valence-corrected chi connectivity index (χ2v) is 13.2. The molecule has 44 heavy (non-hydrogen) atoms. The van der Waals surface area contributed by atoms with Crippen molar-refractivity contribution in [2.75, 3.05) is 68.9 Å². The van der Waals surface area contributed by atoms with Crippen molar-refractivity contribution in [3.8, 4) is 16.9 Å². The molecule has 0 radical (unpaired) electrons. The number of nitrogens with one attached hydrogen (secondary N) is 1. The Morgan fingerprint density at radius 1 is 1.07 bits per heavy atom. The normalized spacial score (nSPS) is 16.2. The molecule has 1 atom stereocenters. The number of rotatable bonds is 9. The maximum atomic E-state index is 15.6. The molecule has 5 rings (SSSR count). The molecule has 0 saturated carbocycles. The zero-order chi connectivity index (χ0) is 31.6. The van der Waals surface area contributed by atoms with Crippen LogP contribution in [0.15, 0.2) is 54.6 Å². The number of carbonyl (C=O) groups is 2. The number of carbonyl (C=O) groups excluding carboxylic acids is 2. The molecule has 2 aliphatic heterocycles. The van der Waals surface area contributed by atoms with Crippen LogP contribution in [0.25, 0.3) is 11.1 Å². The number of halogens is 3. The van der Waals surface area contributed by atoms with E-state index in [1.54, 1.807) is 43.4 Å². The van der Waals surface area contributed by atoms with Crippen molar-refractivity contribution in [2.45, 2.75) is 6.04 Å². The van der Waals surface area contributed by atoms with Gasteiger partial charge in [0, 0.05) is 44.0 Å². The number of morpholine rings is 1. The highest BCUT2D eigenvalue weighted by Gasteiger charge is 2.32. The van der Waals surface area contributed by atoms with Crippen molar-refractivity contribution < 1.29 is 31.9 Å². The van der Waals surface area contributed by atoms with Gasteiger partial charge in [-0.3, -0.25) is 24.1 Å². The highest BCUT2D eigenvalue weighted by Crippen LogP contribution is 2.39. The van der Waals surface area contributed by atoms with E-state index in [0.717, 1.165) is 6.26 Å². The molecule has 0 aliphatic carbocycles. The molecule has 2 amide bonds. The van der Waals surface area contributed by atoms with Crippen LogP contribution in [0, 0.1) is 5.82 Å². The average molecular weight is 666 g/mol. The molecule has 3 aromatic carbocycles. The van der Waals surface area contributed by atoms with Crippen LogP contribution in [0.2, 0.25) is 10.0 Å². The highest BCUT2D eigenvalue weighted by molar-refractivity contribution is 7.92. The molecule has 2 aliphatic rings. The Bertz CT molecular complexity index is 1670. The summed E-state index contributed by atoms with van der Waals surface area (Å²) in [6, 6.07) is 13.6. The first-order chi connectivity index (χ1) is 20.9. The molecule has 14 heteroatoms. The second-order valence-electron chi connectivity index (χ2n) is 10.6. The maximum Gasteiger partial charge on any atom is 0.265 e. The summed E-state index contributed by atoms with van der Waals surface area (Å²) in [7, 11) is -1.81. The molecule has 0 bridgehead atoms. The lowest BCUT2D eigenvalue weighted by atomic mass is 9.98. The van der Waals surface area contributed by atoms with Crippen LogP contribution in [0.1, 0.15) is 11.6 Å². The van der Waals surface area contributed by atoms with Gasteiger partial charge in [0.15, 0.2) is 6.61 Å². The fraction of sp³-hybridized carbons (Fsp3) is 0.333. The van der Waals surface area contributed by atoms with Gasteiger partial charge in [0.25, 0.3) is 5.91 Å². The van der Waals surface area contributed by atoms with E-state index < -0.39 is 27.8 Å². The molecule has 234 valence electrons. The van der Waals surface area contributed by atoms with Crippen molar-refractivity contribution in [2.24, 2.45) is 0 Å². The Morgan fingerprint density at radius 3 is 2.41 bits per heavy atom. The topological polar surface area (TPSA) is 108 Å². The van der Waals surface area contributed by atoms with Crippen LogP contribution >= 0.6 is 23.2 Å². The van der Waals surface area contributed by atoms with Gasteiger partial charge in [0.1, 0.15) is 18.1 Å². The predicted octanol–water partition coefficient (Wildman–Crippen LogP) is 4.43. The van der Waals surface area contributed by atoms with Crippen LogP contribution in [0.4, 0.5) is 15.8 Å². The third-order valence-electron chi connectivity index (χ3n) is 7.51. The summed E-state index contributed by atoms with van der Waals surface area (Å²) in [5.41, 5.74) is 2.17. The van der Waals surface area contributed by atoms with Gasteiger partial charge in [-0.1, -0.05) is 47.5 Å². The smallest absolute Gasteiger partial charge is 0.265 e. The Kier molecular flexibility index (Phi) is 9.66. The first kappa shape index (κ1) is 32.0. The lowest BCUT2D eigenvalue weighted by Gasteiger charge is -2.37. The number of likely N-dealkylation sites (N-methyl/N-ethyl adjacent to an activating group) is 1. The first-order valence-corrected chi connectivity index (χ1v) is 16.4. The number of benzene rings is 3. The third-order valence-corrected chi connectivity index (χ3v) is 8.84. The summed E-state index contributed by atoms with van der Waals surface area (Å²) >= 11 is 12.3. The zero-order valence-corrected chi connectivity index (χ0v) is 26.4. The SMILES string of the molecule is CN(C(=O)CN1C(=O)COc2cc(Cl)c(Cl)cc21)C(CN1CCOCC1)c1ccc(-c2ccc(NS(C)(=O)=O)cc2)c(F)c1. The van der Waals surface area contributed by atoms with Crippen molar-refractivity contribution in [3.05, 3.63) is 76.0 Å². The molecule has 1 saturated heterocycles. The van der Waals surface area contributed by atoms with Gasteiger partial charge < -0.3 is 14.4 Å². The van der Waals surface area contributed by atoms with E-state index >= 15 is 4.39 Å². The van der Waals surface area contributed by atoms with E-state index in [9.17, 15) is 18.0 Å². The van der Waals surface area contributed by atoms with E-state index in [-0.39, 0.29) is 29.1 Å². The molecule has 10 nitrogen and oxygen atoms in total. The molecule has 0 spiro atoms. The molecule has 1 fully saturated rings. The molecular formula is C30H31Cl2FN4O6S. The molecular weight excluding hydrogens is 634 g/mol. The predicted molar refractivity (Wildman–Crippen MR) is 167 cm³/mol. The monoisotopic (exact) mass is 664 g/mol. The van der Waals surface area contributed by atoms with Crippen LogP contribution in [-0.4, -0.2) is 89.3 Å². The quantitative estimate of drug-likeness (QED) is 0.361. The van der Waals surface area contributed by atoms with Gasteiger partial charge in [-0.2, -0.15) is 0 Å². The second kappa shape index (κ2) is 13.3. The standard InChI is InChI=1S/C30H31Cl2FN4O6S/c1-35(29(38)17-37-26-14-23(31)24(32)15-28(26)43-18-30(37)39)27(16-36-9-11-42-12-10-36)20-5-8-22(25(33)13-20)19-3-6-21(7-4-19)34-44(2,40)41/h3-8,13-15,27,34H,9-12,16-18H2,1-2H3. The molecule has 2 heterocycles. The highest BCUT2D eigenvalue weighted by atomic mass is 35.5. The van der Waals surface area contributed by atoms with Gasteiger partial charge >= 0.3 is 0 Å². The average Bonchev–Trinajstić information content (AvgIpc) is 2.98. The minimum Gasteiger partial charge on any atom is -0.482 e. The van der Waals surface area contributed by atoms with E-state index in [1.807, 2.05) is 0 Å². The third kappa shape index (κ3) is 7.44. The Morgan fingerprint density at radius 2 is 1.75 bits per heavy atom. The van der Waals surface area contributed by atoms with E-state index in [0.29, 0.717) is 66.7 Å². The largest absolute Gasteiger partial charge is 0.482 e. The lowest BCUT2D eigenvalue weighted by molar-refractivity contribution is -0.133. The number of amides is 2. The molecule has 1 unspecified atom stereocenters. The lowest BCUT2D eigenvalue weighted by Crippen LogP contribution is -2.48. The fourth-order valence-corrected chi connectivity index (χ4v) is 6.05. The van der Waals surface area contributed by atoms with Crippen LogP contribution < -0.4 is 14.4 Å². The number of sulfonamides is 1. The van der Waals surface area contributed by atoms with Crippen LogP contribution in [-0.2, 0) is 24.3 Å². The zero-order valence-electron chi connectivity index (χ0n) is 24.1. The summed E-state index contributed by atoms with van der Waals surface area (Å²) in [5, 5.41) is 0.484. The van der Waals surface area contributed by atoms with E-state index in [2.05, 4.69) is 9.62 Å². The molecule has 0 aromatic heterocycles. The summed E-state index contributed by atoms with van der Waals surface area (Å²) in [6.45, 7) is 2.29. The van der Waals surface area contributed by atoms with Gasteiger partial charge in [-0.05, 0) is 35.4 Å². The van der Waals surface area contributed by atoms with Gasteiger partial charge in [0.05, 0.1) is 41.2 Å². The minimum absolute atomic E-state index is 0.219. The van der Waals surface area contributed by atoms with Gasteiger partial charge in [-0.25, -0.2) is 12.8 Å². The van der Waals surface area contributed by atoms with Gasteiger partial charge in [-0.15, -0.1) is 0 Å². The van der Waals surface area contributed by atoms with Crippen LogP contribution in [0.3, 0.4) is 0 Å². The maximum absolute atomic E-state index is 15.6. The summed E-state index contributed by atoms with van der Waals surface area (Å²) in [6.07, 6.45) is 1.05. The van der Waals surface area contributed by atoms with E-state index in [4.69, 9.17) is 32.7 Å². The van der Waals surface area contributed by atoms with Crippen molar-refractivity contribution in [1.82, 2.24) is 9.80 Å². The van der Waals surface area contributed by atoms with Crippen molar-refractivity contribution >= 4 is 56.4 Å². The fourth-order valence-electron chi connectivity index (χ4n) is 5.17. The summed E-state index contributed by atoms with van der Waals surface area (Å²) < 4.78 is 52.0. The molecule has 1 N–H and O–H groups in total. The number of ether oxygens (including phenoxy) is 2. The minimum atomic E-state index is -3.44. The number of hydrogen-bond acceptors (Lipinski definition) is 7. The number of anilines is 2.